The third kappa shape index (κ3) is 3.54. The zero-order chi connectivity index (χ0) is 12.1. The molecule has 0 radical (unpaired) electrons. The molecule has 1 fully saturated rings. The van der Waals surface area contributed by atoms with Crippen LogP contribution in [0.25, 0.3) is 0 Å². The van der Waals surface area contributed by atoms with Gasteiger partial charge in [0, 0.05) is 12.1 Å². The highest BCUT2D eigenvalue weighted by Gasteiger charge is 2.11. The van der Waals surface area contributed by atoms with Gasteiger partial charge in [0.05, 0.1) is 0 Å². The summed E-state index contributed by atoms with van der Waals surface area (Å²) in [5.41, 5.74) is 0.813. The highest BCUT2D eigenvalue weighted by Crippen LogP contribution is 2.19. The molecule has 0 saturated carbocycles. The number of ether oxygens (including phenoxy) is 1. The summed E-state index contributed by atoms with van der Waals surface area (Å²) in [6.07, 6.45) is 5.40. The second-order valence-corrected chi connectivity index (χ2v) is 4.70. The summed E-state index contributed by atoms with van der Waals surface area (Å²) in [6.45, 7) is 5.87. The van der Waals surface area contributed by atoms with Gasteiger partial charge in [-0.15, -0.1) is 0 Å². The summed E-state index contributed by atoms with van der Waals surface area (Å²) in [7, 11) is 0. The maximum Gasteiger partial charge on any atom is 0.220 e. The van der Waals surface area contributed by atoms with Crippen LogP contribution >= 0.6 is 11.6 Å². The molecular weight excluding hydrogens is 238 g/mol. The first-order chi connectivity index (χ1) is 8.27. The summed E-state index contributed by atoms with van der Waals surface area (Å²) >= 11 is 5.90. The van der Waals surface area contributed by atoms with Crippen LogP contribution in [0.1, 0.15) is 24.8 Å². The van der Waals surface area contributed by atoms with Gasteiger partial charge in [-0.1, -0.05) is 18.0 Å². The fourth-order valence-corrected chi connectivity index (χ4v) is 2.14. The van der Waals surface area contributed by atoms with Gasteiger partial charge in [0.15, 0.2) is 0 Å². The van der Waals surface area contributed by atoms with E-state index in [9.17, 15) is 0 Å². The highest BCUT2D eigenvalue weighted by molar-refractivity contribution is 6.30. The van der Waals surface area contributed by atoms with E-state index in [0.29, 0.717) is 17.6 Å². The predicted octanol–water partition coefficient (Wildman–Crippen LogP) is 2.30. The minimum absolute atomic E-state index is 0.466. The number of rotatable bonds is 4. The third-order valence-electron chi connectivity index (χ3n) is 3.07. The molecule has 5 heteroatoms. The molecule has 0 atom stereocenters. The van der Waals surface area contributed by atoms with Crippen molar-refractivity contribution in [1.82, 2.24) is 14.9 Å². The molecule has 1 aliphatic heterocycles. The van der Waals surface area contributed by atoms with Gasteiger partial charge >= 0.3 is 0 Å². The molecule has 0 N–H and O–H groups in total. The van der Waals surface area contributed by atoms with Crippen molar-refractivity contribution in [2.45, 2.75) is 26.2 Å². The zero-order valence-corrected chi connectivity index (χ0v) is 10.9. The standard InChI is InChI=1S/C12H18ClN3O/c1-10-11(13)14-9-15-12(10)17-8-7-16-5-3-2-4-6-16/h9H,2-8H2,1H3. The Morgan fingerprint density at radius 3 is 2.82 bits per heavy atom. The van der Waals surface area contributed by atoms with Crippen LogP contribution in [0.2, 0.25) is 5.15 Å². The zero-order valence-electron chi connectivity index (χ0n) is 10.2. The maximum absolute atomic E-state index is 5.90. The Labute approximate surface area is 107 Å². The van der Waals surface area contributed by atoms with E-state index in [0.717, 1.165) is 12.1 Å². The fourth-order valence-electron chi connectivity index (χ4n) is 2.01. The second-order valence-electron chi connectivity index (χ2n) is 4.35. The van der Waals surface area contributed by atoms with Crippen molar-refractivity contribution in [1.29, 1.82) is 0 Å². The van der Waals surface area contributed by atoms with Gasteiger partial charge in [0.2, 0.25) is 5.88 Å². The molecule has 0 amide bonds. The van der Waals surface area contributed by atoms with Gasteiger partial charge in [-0.25, -0.2) is 9.97 Å². The number of hydrogen-bond donors (Lipinski definition) is 0. The van der Waals surface area contributed by atoms with E-state index in [4.69, 9.17) is 16.3 Å². The van der Waals surface area contributed by atoms with Crippen molar-refractivity contribution in [3.8, 4) is 5.88 Å². The first-order valence-corrected chi connectivity index (χ1v) is 6.47. The van der Waals surface area contributed by atoms with Crippen LogP contribution in [0.5, 0.6) is 5.88 Å². The third-order valence-corrected chi connectivity index (χ3v) is 3.45. The van der Waals surface area contributed by atoms with Crippen molar-refractivity contribution < 1.29 is 4.74 Å². The van der Waals surface area contributed by atoms with Crippen molar-refractivity contribution in [3.05, 3.63) is 17.0 Å². The summed E-state index contributed by atoms with van der Waals surface area (Å²) in [4.78, 5) is 10.4. The van der Waals surface area contributed by atoms with Crippen LogP contribution in [-0.4, -0.2) is 41.1 Å². The van der Waals surface area contributed by atoms with Crippen LogP contribution in [-0.2, 0) is 0 Å². The normalized spacial score (nSPS) is 17.1. The minimum atomic E-state index is 0.466. The van der Waals surface area contributed by atoms with Gasteiger partial charge in [-0.3, -0.25) is 4.90 Å². The first kappa shape index (κ1) is 12.6. The van der Waals surface area contributed by atoms with Crippen LogP contribution < -0.4 is 4.74 Å². The Kier molecular flexibility index (Phi) is 4.57. The van der Waals surface area contributed by atoms with E-state index < -0.39 is 0 Å². The Balaban J connectivity index is 1.79. The monoisotopic (exact) mass is 255 g/mol. The van der Waals surface area contributed by atoms with Gasteiger partial charge in [-0.05, 0) is 32.9 Å². The quantitative estimate of drug-likeness (QED) is 0.774. The first-order valence-electron chi connectivity index (χ1n) is 6.09. The number of hydrogen-bond acceptors (Lipinski definition) is 4. The molecule has 1 saturated heterocycles. The van der Waals surface area contributed by atoms with E-state index in [1.807, 2.05) is 6.92 Å². The number of piperidine rings is 1. The lowest BCUT2D eigenvalue weighted by atomic mass is 10.1. The molecule has 2 rings (SSSR count). The molecule has 2 heterocycles. The SMILES string of the molecule is Cc1c(Cl)ncnc1OCCN1CCCCC1. The number of halogens is 1. The van der Waals surface area contributed by atoms with E-state index in [1.165, 1.54) is 38.7 Å². The summed E-state index contributed by atoms with van der Waals surface area (Å²) < 4.78 is 5.64. The predicted molar refractivity (Wildman–Crippen MR) is 67.6 cm³/mol. The van der Waals surface area contributed by atoms with E-state index in [-0.39, 0.29) is 0 Å². The molecule has 17 heavy (non-hydrogen) atoms. The molecule has 0 spiro atoms. The second kappa shape index (κ2) is 6.17. The van der Waals surface area contributed by atoms with Crippen molar-refractivity contribution in [2.75, 3.05) is 26.2 Å². The summed E-state index contributed by atoms with van der Waals surface area (Å²) in [5.74, 6) is 0.599. The van der Waals surface area contributed by atoms with Crippen molar-refractivity contribution >= 4 is 11.6 Å². The lowest BCUT2D eigenvalue weighted by molar-refractivity contribution is 0.180. The topological polar surface area (TPSA) is 38.3 Å². The van der Waals surface area contributed by atoms with E-state index in [2.05, 4.69) is 14.9 Å². The van der Waals surface area contributed by atoms with Crippen molar-refractivity contribution in [2.24, 2.45) is 0 Å². The van der Waals surface area contributed by atoms with Crippen molar-refractivity contribution in [3.63, 3.8) is 0 Å². The highest BCUT2D eigenvalue weighted by atomic mass is 35.5. The molecular formula is C12H18ClN3O. The summed E-state index contributed by atoms with van der Waals surface area (Å²) in [5, 5.41) is 0.466. The van der Waals surface area contributed by atoms with Gasteiger partial charge < -0.3 is 4.74 Å². The van der Waals surface area contributed by atoms with Gasteiger partial charge in [0.1, 0.15) is 18.1 Å². The lowest BCUT2D eigenvalue weighted by Crippen LogP contribution is -2.33. The molecule has 94 valence electrons. The van der Waals surface area contributed by atoms with Gasteiger partial charge in [-0.2, -0.15) is 0 Å². The average Bonchev–Trinajstić information content (AvgIpc) is 2.36. The average molecular weight is 256 g/mol. The van der Waals surface area contributed by atoms with E-state index >= 15 is 0 Å². The Morgan fingerprint density at radius 2 is 2.06 bits per heavy atom. The molecule has 0 bridgehead atoms. The molecule has 4 nitrogen and oxygen atoms in total. The summed E-state index contributed by atoms with van der Waals surface area (Å²) in [6, 6.07) is 0. The smallest absolute Gasteiger partial charge is 0.220 e. The van der Waals surface area contributed by atoms with Crippen LogP contribution in [0.3, 0.4) is 0 Å². The molecule has 0 unspecified atom stereocenters. The fraction of sp³-hybridized carbons (Fsp3) is 0.667. The van der Waals surface area contributed by atoms with Crippen LogP contribution in [0.15, 0.2) is 6.33 Å². The number of likely N-dealkylation sites (tertiary alicyclic amines) is 1. The molecule has 0 aromatic carbocycles. The minimum Gasteiger partial charge on any atom is -0.476 e. The number of aromatic nitrogens is 2. The Bertz CT molecular complexity index is 367. The van der Waals surface area contributed by atoms with Crippen LogP contribution in [0, 0.1) is 6.92 Å². The lowest BCUT2D eigenvalue weighted by Gasteiger charge is -2.26. The Morgan fingerprint density at radius 1 is 1.29 bits per heavy atom. The molecule has 1 aliphatic rings. The van der Waals surface area contributed by atoms with Gasteiger partial charge in [0.25, 0.3) is 0 Å². The van der Waals surface area contributed by atoms with Crippen LogP contribution in [0.4, 0.5) is 0 Å². The Hall–Kier alpha value is -0.870. The molecule has 1 aromatic heterocycles. The van der Waals surface area contributed by atoms with E-state index in [1.54, 1.807) is 0 Å². The maximum atomic E-state index is 5.90. The number of nitrogens with zero attached hydrogens (tertiary/aromatic N) is 3. The molecule has 0 aliphatic carbocycles. The molecule has 1 aromatic rings. The largest absolute Gasteiger partial charge is 0.476 e.